The number of hydrogen-bond donors (Lipinski definition) is 0. The maximum atomic E-state index is 4.96. The monoisotopic (exact) mass is 639 g/mol. The van der Waals surface area contributed by atoms with E-state index in [4.69, 9.17) is 15.0 Å². The Morgan fingerprint density at radius 3 is 1.69 bits per heavy atom. The van der Waals surface area contributed by atoms with Crippen molar-refractivity contribution in [2.75, 3.05) is 0 Å². The van der Waals surface area contributed by atoms with E-state index in [2.05, 4.69) is 91.0 Å². The Kier molecular flexibility index (Phi) is 6.15. The van der Waals surface area contributed by atoms with Crippen LogP contribution < -0.4 is 0 Å². The van der Waals surface area contributed by atoms with Gasteiger partial charge in [0.1, 0.15) is 0 Å². The summed E-state index contributed by atoms with van der Waals surface area (Å²) in [6.45, 7) is 0. The van der Waals surface area contributed by atoms with Crippen LogP contribution in [0.3, 0.4) is 0 Å². The van der Waals surface area contributed by atoms with Gasteiger partial charge in [-0.15, -0.1) is 0 Å². The van der Waals surface area contributed by atoms with E-state index in [1.54, 1.807) is 0 Å². The molecule has 45 heavy (non-hydrogen) atoms. The molecule has 0 aliphatic heterocycles. The Morgan fingerprint density at radius 2 is 0.933 bits per heavy atom. The Bertz CT molecular complexity index is 2480. The molecule has 0 unspecified atom stereocenters. The van der Waals surface area contributed by atoms with Crippen LogP contribution in [0.2, 0.25) is 0 Å². The Balaban J connectivity index is 1.19. The van der Waals surface area contributed by atoms with E-state index in [1.807, 2.05) is 60.7 Å². The van der Waals surface area contributed by atoms with Crippen LogP contribution in [0, 0.1) is 0 Å². The van der Waals surface area contributed by atoms with Crippen molar-refractivity contribution >= 4 is 55.3 Å². The zero-order valence-corrected chi connectivity index (χ0v) is 25.9. The minimum atomic E-state index is 0.251. The van der Waals surface area contributed by atoms with E-state index in [0.717, 1.165) is 22.3 Å². The molecule has 0 spiro atoms. The van der Waals surface area contributed by atoms with Crippen LogP contribution in [-0.4, -0.2) is 29.5 Å². The second kappa shape index (κ2) is 10.6. The van der Waals surface area contributed by atoms with Gasteiger partial charge in [0.25, 0.3) is 0 Å². The summed E-state index contributed by atoms with van der Waals surface area (Å²) >= 11 is 0.251. The number of hydrogen-bond acceptors (Lipinski definition) is 3. The van der Waals surface area contributed by atoms with Gasteiger partial charge < -0.3 is 0 Å². The number of aromatic nitrogens is 3. The molecular formula is C41H25N3Se. The van der Waals surface area contributed by atoms with Crippen LogP contribution in [0.25, 0.3) is 86.1 Å². The molecule has 4 heteroatoms. The smallest absolute Gasteiger partial charge is 0.0615 e. The summed E-state index contributed by atoms with van der Waals surface area (Å²) in [5, 5.41) is 8.08. The number of nitrogens with zero attached hydrogens (tertiary/aromatic N) is 3. The molecule has 2 aromatic heterocycles. The average Bonchev–Trinajstić information content (AvgIpc) is 3.50. The molecule has 0 radical (unpaired) electrons. The van der Waals surface area contributed by atoms with Crippen LogP contribution in [0.1, 0.15) is 0 Å². The van der Waals surface area contributed by atoms with Gasteiger partial charge in [0.2, 0.25) is 0 Å². The minimum absolute atomic E-state index is 0.251. The molecule has 0 atom stereocenters. The molecule has 0 aliphatic carbocycles. The van der Waals surface area contributed by atoms with Crippen molar-refractivity contribution in [3.8, 4) is 45.3 Å². The van der Waals surface area contributed by atoms with Crippen LogP contribution in [0.4, 0.5) is 0 Å². The number of rotatable bonds is 4. The SMILES string of the molecule is c1ccc(-c2nc(-c3ccccc3)nc(-c3cccc(-c4ccc5[se]c6c(ccc7ccc8ccccc8c76)c5c4)c3)n2)cc1. The van der Waals surface area contributed by atoms with Crippen LogP contribution >= 0.6 is 0 Å². The molecular weight excluding hydrogens is 613 g/mol. The summed E-state index contributed by atoms with van der Waals surface area (Å²) in [5.41, 5.74) is 5.23. The van der Waals surface area contributed by atoms with Gasteiger partial charge in [-0.25, -0.2) is 0 Å². The third kappa shape index (κ3) is 4.55. The van der Waals surface area contributed by atoms with Gasteiger partial charge in [-0.2, -0.15) is 0 Å². The van der Waals surface area contributed by atoms with E-state index >= 15 is 0 Å². The van der Waals surface area contributed by atoms with Gasteiger partial charge in [-0.3, -0.25) is 0 Å². The summed E-state index contributed by atoms with van der Waals surface area (Å²) in [6.07, 6.45) is 0. The summed E-state index contributed by atoms with van der Waals surface area (Å²) in [7, 11) is 0. The van der Waals surface area contributed by atoms with Crippen molar-refractivity contribution in [2.45, 2.75) is 0 Å². The maximum absolute atomic E-state index is 4.96. The molecule has 0 saturated heterocycles. The first-order valence-electron chi connectivity index (χ1n) is 15.0. The fourth-order valence-corrected chi connectivity index (χ4v) is 8.90. The quantitative estimate of drug-likeness (QED) is 0.142. The average molecular weight is 639 g/mol. The van der Waals surface area contributed by atoms with Gasteiger partial charge in [0.15, 0.2) is 0 Å². The number of benzene rings is 7. The molecule has 0 fully saturated rings. The molecule has 9 rings (SSSR count). The molecule has 0 aliphatic rings. The first kappa shape index (κ1) is 26.0. The van der Waals surface area contributed by atoms with Crippen molar-refractivity contribution in [3.05, 3.63) is 152 Å². The summed E-state index contributed by atoms with van der Waals surface area (Å²) in [6, 6.07) is 53.7. The van der Waals surface area contributed by atoms with Crippen molar-refractivity contribution < 1.29 is 0 Å². The minimum Gasteiger partial charge on any atom is -0.0615 e. The molecule has 7 aromatic carbocycles. The van der Waals surface area contributed by atoms with E-state index in [9.17, 15) is 0 Å². The van der Waals surface area contributed by atoms with Crippen molar-refractivity contribution in [1.29, 1.82) is 0 Å². The molecule has 0 N–H and O–H groups in total. The summed E-state index contributed by atoms with van der Waals surface area (Å²) in [5.74, 6) is 2.00. The molecule has 3 nitrogen and oxygen atoms in total. The second-order valence-electron chi connectivity index (χ2n) is 11.3. The van der Waals surface area contributed by atoms with Gasteiger partial charge in [0, 0.05) is 0 Å². The fourth-order valence-electron chi connectivity index (χ4n) is 6.28. The van der Waals surface area contributed by atoms with Crippen LogP contribution in [0.15, 0.2) is 152 Å². The Labute approximate surface area is 266 Å². The first-order chi connectivity index (χ1) is 22.3. The van der Waals surface area contributed by atoms with E-state index in [0.29, 0.717) is 17.5 Å². The van der Waals surface area contributed by atoms with Gasteiger partial charge in [-0.05, 0) is 0 Å². The van der Waals surface area contributed by atoms with Crippen LogP contribution in [-0.2, 0) is 0 Å². The van der Waals surface area contributed by atoms with Gasteiger partial charge in [-0.1, -0.05) is 36.4 Å². The van der Waals surface area contributed by atoms with E-state index < -0.39 is 0 Å². The third-order valence-electron chi connectivity index (χ3n) is 8.50. The zero-order chi connectivity index (χ0) is 29.7. The predicted octanol–water partition coefficient (Wildman–Crippen LogP) is 10.2. The van der Waals surface area contributed by atoms with Crippen LogP contribution in [0.5, 0.6) is 0 Å². The van der Waals surface area contributed by atoms with E-state index in [-0.39, 0.29) is 14.5 Å². The summed E-state index contributed by atoms with van der Waals surface area (Å²) < 4.78 is 2.93. The third-order valence-corrected chi connectivity index (χ3v) is 11.0. The Hall–Kier alpha value is -5.41. The zero-order valence-electron chi connectivity index (χ0n) is 24.2. The summed E-state index contributed by atoms with van der Waals surface area (Å²) in [4.78, 5) is 14.8. The fraction of sp³-hybridized carbons (Fsp3) is 0. The Morgan fingerprint density at radius 1 is 0.356 bits per heavy atom. The first-order valence-corrected chi connectivity index (χ1v) is 16.7. The van der Waals surface area contributed by atoms with E-state index in [1.165, 1.54) is 46.4 Å². The number of fused-ring (bicyclic) bond motifs is 7. The van der Waals surface area contributed by atoms with Crippen molar-refractivity contribution in [2.24, 2.45) is 0 Å². The van der Waals surface area contributed by atoms with Crippen molar-refractivity contribution in [1.82, 2.24) is 15.0 Å². The molecule has 9 aromatic rings. The molecule has 0 saturated carbocycles. The predicted molar refractivity (Wildman–Crippen MR) is 189 cm³/mol. The molecule has 2 heterocycles. The second-order valence-corrected chi connectivity index (χ2v) is 13.5. The van der Waals surface area contributed by atoms with Gasteiger partial charge in [0.05, 0.1) is 0 Å². The molecule has 0 amide bonds. The molecule has 0 bridgehead atoms. The van der Waals surface area contributed by atoms with Crippen molar-refractivity contribution in [3.63, 3.8) is 0 Å². The van der Waals surface area contributed by atoms with Gasteiger partial charge >= 0.3 is 231 Å². The standard InChI is InChI=1S/C41H25N3Se/c1-3-11-28(12-4-1)39-42-40(29-13-5-2-6-14-29)44-41(43-39)32-16-9-15-30(24-32)31-21-23-36-35(25-31)34-22-20-27-19-18-26-10-7-8-17-33(26)37(27)38(34)45-36/h1-25H. The normalized spacial score (nSPS) is 11.6. The topological polar surface area (TPSA) is 38.7 Å². The molecule has 210 valence electrons.